The van der Waals surface area contributed by atoms with Crippen molar-refractivity contribution in [3.63, 3.8) is 0 Å². The zero-order valence-corrected chi connectivity index (χ0v) is 13.5. The van der Waals surface area contributed by atoms with Gasteiger partial charge in [0, 0.05) is 5.56 Å². The minimum atomic E-state index is -0.723. The molecule has 0 aromatic heterocycles. The van der Waals surface area contributed by atoms with E-state index in [-0.39, 0.29) is 31.8 Å². The summed E-state index contributed by atoms with van der Waals surface area (Å²) in [5.41, 5.74) is 5.60. The molecule has 0 aliphatic rings. The number of rotatable bonds is 3. The van der Waals surface area contributed by atoms with Crippen molar-refractivity contribution in [1.29, 1.82) is 0 Å². The molecule has 0 fully saturated rings. The highest BCUT2D eigenvalue weighted by Crippen LogP contribution is 2.33. The van der Waals surface area contributed by atoms with Crippen LogP contribution in [0.15, 0.2) is 44.4 Å². The third-order valence-corrected chi connectivity index (χ3v) is 3.93. The van der Waals surface area contributed by atoms with E-state index in [0.717, 1.165) is 0 Å². The lowest BCUT2D eigenvalue weighted by molar-refractivity contribution is 0.318. The number of hydrogen-bond donors (Lipinski definition) is 2. The lowest BCUT2D eigenvalue weighted by atomic mass is 10.2. The number of benzene rings is 2. The Kier molecular flexibility index (Phi) is 4.79. The summed E-state index contributed by atoms with van der Waals surface area (Å²) in [4.78, 5) is 0. The van der Waals surface area contributed by atoms with Gasteiger partial charge >= 0.3 is 0 Å². The second kappa shape index (κ2) is 6.40. The predicted octanol–water partition coefficient (Wildman–Crippen LogP) is 4.38. The summed E-state index contributed by atoms with van der Waals surface area (Å²) >= 11 is 6.03. The molecule has 21 heavy (non-hydrogen) atoms. The molecule has 110 valence electrons. The van der Waals surface area contributed by atoms with Crippen LogP contribution in [0.2, 0.25) is 0 Å². The average Bonchev–Trinajstić information content (AvgIpc) is 2.47. The van der Waals surface area contributed by atoms with Crippen LogP contribution >= 0.6 is 31.9 Å². The Morgan fingerprint density at radius 3 is 2.52 bits per heavy atom. The Labute approximate surface area is 135 Å². The van der Waals surface area contributed by atoms with Gasteiger partial charge in [-0.2, -0.15) is 0 Å². The number of nitrogens with two attached hydrogens (primary N) is 1. The van der Waals surface area contributed by atoms with Gasteiger partial charge in [0.1, 0.15) is 11.6 Å². The van der Waals surface area contributed by atoms with Gasteiger partial charge in [0.15, 0.2) is 17.4 Å². The third kappa shape index (κ3) is 3.33. The van der Waals surface area contributed by atoms with Crippen molar-refractivity contribution in [2.75, 3.05) is 0 Å². The van der Waals surface area contributed by atoms with Gasteiger partial charge in [0.05, 0.1) is 8.95 Å². The molecule has 0 unspecified atom stereocenters. The topological polar surface area (TPSA) is 67.8 Å². The molecule has 0 amide bonds. The molecule has 3 N–H and O–H groups in total. The van der Waals surface area contributed by atoms with E-state index in [0.29, 0.717) is 0 Å². The first-order chi connectivity index (χ1) is 9.93. The molecular weight excluding hydrogens is 414 g/mol. The monoisotopic (exact) mass is 420 g/mol. The van der Waals surface area contributed by atoms with Crippen LogP contribution in [-0.2, 0) is 0 Å². The van der Waals surface area contributed by atoms with Gasteiger partial charge in [-0.15, -0.1) is 0 Å². The van der Waals surface area contributed by atoms with Crippen molar-refractivity contribution in [1.82, 2.24) is 0 Å². The maximum absolute atomic E-state index is 14.2. The molecule has 0 saturated carbocycles. The third-order valence-electron chi connectivity index (χ3n) is 2.55. The Bertz CT molecular complexity index is 724. The Balaban J connectivity index is 2.37. The van der Waals surface area contributed by atoms with Crippen molar-refractivity contribution < 1.29 is 18.7 Å². The average molecular weight is 422 g/mol. The molecule has 0 spiro atoms. The van der Waals surface area contributed by atoms with Gasteiger partial charge in [-0.05, 0) is 62.2 Å². The molecule has 4 nitrogen and oxygen atoms in total. The lowest BCUT2D eigenvalue weighted by Crippen LogP contribution is -2.14. The Hall–Kier alpha value is -1.67. The molecular formula is C13H8Br2F2N2O2. The fourth-order valence-electron chi connectivity index (χ4n) is 1.53. The van der Waals surface area contributed by atoms with Crippen LogP contribution in [0.3, 0.4) is 0 Å². The summed E-state index contributed by atoms with van der Waals surface area (Å²) in [6, 6.07) is 6.68. The molecule has 8 heteroatoms. The molecule has 0 aliphatic carbocycles. The summed E-state index contributed by atoms with van der Waals surface area (Å²) in [6.07, 6.45) is 0. The van der Waals surface area contributed by atoms with Crippen molar-refractivity contribution >= 4 is 37.7 Å². The van der Waals surface area contributed by atoms with Gasteiger partial charge in [0.2, 0.25) is 0 Å². The number of amidine groups is 1. The van der Waals surface area contributed by atoms with Crippen LogP contribution in [0.25, 0.3) is 0 Å². The minimum Gasteiger partial charge on any atom is -0.454 e. The van der Waals surface area contributed by atoms with E-state index in [4.69, 9.17) is 15.7 Å². The van der Waals surface area contributed by atoms with E-state index < -0.39 is 11.6 Å². The molecule has 0 heterocycles. The first kappa shape index (κ1) is 15.7. The van der Waals surface area contributed by atoms with E-state index in [1.54, 1.807) is 0 Å². The van der Waals surface area contributed by atoms with Crippen LogP contribution in [0.4, 0.5) is 8.78 Å². The van der Waals surface area contributed by atoms with E-state index >= 15 is 0 Å². The maximum atomic E-state index is 14.2. The van der Waals surface area contributed by atoms with Gasteiger partial charge in [-0.1, -0.05) is 5.16 Å². The van der Waals surface area contributed by atoms with Crippen molar-refractivity contribution in [3.8, 4) is 11.5 Å². The van der Waals surface area contributed by atoms with Crippen LogP contribution < -0.4 is 10.5 Å². The fourth-order valence-corrected chi connectivity index (χ4v) is 2.42. The highest BCUT2D eigenvalue weighted by Gasteiger charge is 2.16. The second-order valence-electron chi connectivity index (χ2n) is 3.90. The van der Waals surface area contributed by atoms with E-state index in [9.17, 15) is 8.78 Å². The normalized spacial score (nSPS) is 11.5. The molecule has 0 atom stereocenters. The van der Waals surface area contributed by atoms with Crippen LogP contribution in [0, 0.1) is 11.6 Å². The van der Waals surface area contributed by atoms with Crippen LogP contribution in [0.5, 0.6) is 11.5 Å². The Morgan fingerprint density at radius 2 is 1.90 bits per heavy atom. The van der Waals surface area contributed by atoms with Crippen molar-refractivity contribution in [3.05, 3.63) is 56.5 Å². The molecule has 2 aromatic rings. The second-order valence-corrected chi connectivity index (χ2v) is 5.55. The summed E-state index contributed by atoms with van der Waals surface area (Å²) in [5, 5.41) is 11.4. The van der Waals surface area contributed by atoms with Crippen LogP contribution in [-0.4, -0.2) is 11.0 Å². The number of halogens is 4. The standard InChI is InChI=1S/C13H8Br2F2N2O2/c14-8-5-6(1-3-9(8)16)21-10-4-2-7(13(18)19-20)11(15)12(10)17/h1-5,20H,(H2,18,19). The highest BCUT2D eigenvalue weighted by atomic mass is 79.9. The van der Waals surface area contributed by atoms with Gasteiger partial charge in [-0.25, -0.2) is 8.78 Å². The number of nitrogens with zero attached hydrogens (tertiary/aromatic N) is 1. The first-order valence-corrected chi connectivity index (χ1v) is 7.11. The van der Waals surface area contributed by atoms with Crippen molar-refractivity contribution in [2.45, 2.75) is 0 Å². The van der Waals surface area contributed by atoms with Crippen LogP contribution in [0.1, 0.15) is 5.56 Å². The predicted molar refractivity (Wildman–Crippen MR) is 80.8 cm³/mol. The number of ether oxygens (including phenoxy) is 1. The molecule has 2 aromatic carbocycles. The maximum Gasteiger partial charge on any atom is 0.180 e. The summed E-state index contributed by atoms with van der Waals surface area (Å²) < 4.78 is 32.8. The molecule has 0 radical (unpaired) electrons. The van der Waals surface area contributed by atoms with Gasteiger partial charge < -0.3 is 15.7 Å². The number of hydrogen-bond acceptors (Lipinski definition) is 3. The van der Waals surface area contributed by atoms with Crippen molar-refractivity contribution in [2.24, 2.45) is 10.9 Å². The smallest absolute Gasteiger partial charge is 0.180 e. The fraction of sp³-hybridized carbons (Fsp3) is 0. The van der Waals surface area contributed by atoms with E-state index in [1.165, 1.54) is 30.3 Å². The quantitative estimate of drug-likeness (QED) is 0.334. The van der Waals surface area contributed by atoms with Gasteiger partial charge in [-0.3, -0.25) is 0 Å². The van der Waals surface area contributed by atoms with Gasteiger partial charge in [0.25, 0.3) is 0 Å². The lowest BCUT2D eigenvalue weighted by Gasteiger charge is -2.10. The molecule has 0 aliphatic heterocycles. The molecule has 0 saturated heterocycles. The number of oxime groups is 1. The zero-order valence-electron chi connectivity index (χ0n) is 10.3. The SMILES string of the molecule is N/C(=N/O)c1ccc(Oc2ccc(F)c(Br)c2)c(F)c1Br. The molecule has 0 bridgehead atoms. The summed E-state index contributed by atoms with van der Waals surface area (Å²) in [7, 11) is 0. The highest BCUT2D eigenvalue weighted by molar-refractivity contribution is 9.10. The summed E-state index contributed by atoms with van der Waals surface area (Å²) in [5.74, 6) is -1.25. The molecule has 2 rings (SSSR count). The Morgan fingerprint density at radius 1 is 1.19 bits per heavy atom. The zero-order chi connectivity index (χ0) is 15.6. The van der Waals surface area contributed by atoms with E-state index in [1.807, 2.05) is 0 Å². The minimum absolute atomic E-state index is 0.00326. The largest absolute Gasteiger partial charge is 0.454 e. The summed E-state index contributed by atoms with van der Waals surface area (Å²) in [6.45, 7) is 0. The van der Waals surface area contributed by atoms with E-state index in [2.05, 4.69) is 37.0 Å². The first-order valence-electron chi connectivity index (χ1n) is 5.53.